The number of carbonyl (C=O) groups excluding carboxylic acids is 1. The van der Waals surface area contributed by atoms with Crippen molar-refractivity contribution in [3.63, 3.8) is 0 Å². The van der Waals surface area contributed by atoms with Crippen molar-refractivity contribution in [1.29, 1.82) is 0 Å². The van der Waals surface area contributed by atoms with Gasteiger partial charge in [0.1, 0.15) is 5.82 Å². The molecule has 0 N–H and O–H groups in total. The zero-order valence-electron chi connectivity index (χ0n) is 19.5. The lowest BCUT2D eigenvalue weighted by atomic mass is 9.96. The van der Waals surface area contributed by atoms with Gasteiger partial charge in [0.2, 0.25) is 0 Å². The molecule has 0 saturated heterocycles. The number of hydrogen-bond acceptors (Lipinski definition) is 4. The molecule has 0 fully saturated rings. The fourth-order valence-electron chi connectivity index (χ4n) is 4.74. The number of nitrogens with zero attached hydrogens (tertiary/aromatic N) is 6. The summed E-state index contributed by atoms with van der Waals surface area (Å²) in [6, 6.07) is 6.84. The first kappa shape index (κ1) is 23.0. The fourth-order valence-corrected chi connectivity index (χ4v) is 4.74. The monoisotopic (exact) mass is 486 g/mol. The Morgan fingerprint density at radius 3 is 2.51 bits per heavy atom. The van der Waals surface area contributed by atoms with E-state index in [1.54, 1.807) is 33.0 Å². The first-order chi connectivity index (χ1) is 16.5. The quantitative estimate of drug-likeness (QED) is 0.389. The summed E-state index contributed by atoms with van der Waals surface area (Å²) in [7, 11) is 3.09. The summed E-state index contributed by atoms with van der Waals surface area (Å²) >= 11 is 0. The highest BCUT2D eigenvalue weighted by atomic mass is 19.4. The summed E-state index contributed by atoms with van der Waals surface area (Å²) in [5.41, 5.74) is 2.28. The smallest absolute Gasteiger partial charge is 0.330 e. The number of fused-ring (bicyclic) bond motifs is 2. The zero-order chi connectivity index (χ0) is 25.2. The van der Waals surface area contributed by atoms with Crippen LogP contribution in [0.4, 0.5) is 17.6 Å². The van der Waals surface area contributed by atoms with Crippen LogP contribution in [0.15, 0.2) is 30.3 Å². The van der Waals surface area contributed by atoms with Gasteiger partial charge in [-0.25, -0.2) is 4.39 Å². The third-order valence-electron chi connectivity index (χ3n) is 6.46. The van der Waals surface area contributed by atoms with Crippen LogP contribution in [0.5, 0.6) is 0 Å². The topological polar surface area (TPSA) is 68.8 Å². The first-order valence-corrected chi connectivity index (χ1v) is 11.0. The predicted molar refractivity (Wildman–Crippen MR) is 120 cm³/mol. The molecule has 4 heterocycles. The minimum atomic E-state index is -4.57. The average Bonchev–Trinajstić information content (AvgIpc) is 3.32. The van der Waals surface area contributed by atoms with Gasteiger partial charge in [-0.1, -0.05) is 6.07 Å². The van der Waals surface area contributed by atoms with Crippen LogP contribution in [0, 0.1) is 12.7 Å². The van der Waals surface area contributed by atoms with E-state index in [-0.39, 0.29) is 17.8 Å². The van der Waals surface area contributed by atoms with Gasteiger partial charge in [0.15, 0.2) is 5.69 Å². The molecule has 3 aromatic heterocycles. The van der Waals surface area contributed by atoms with Crippen LogP contribution < -0.4 is 0 Å². The van der Waals surface area contributed by atoms with Gasteiger partial charge in [0, 0.05) is 43.4 Å². The number of alkyl halides is 3. The van der Waals surface area contributed by atoms with Gasteiger partial charge < -0.3 is 4.90 Å². The second-order valence-electron chi connectivity index (χ2n) is 8.77. The molecule has 1 amide bonds. The first-order valence-electron chi connectivity index (χ1n) is 11.0. The van der Waals surface area contributed by atoms with Crippen LogP contribution in [0.2, 0.25) is 0 Å². The number of amides is 1. The Morgan fingerprint density at radius 2 is 1.83 bits per heavy atom. The molecule has 1 aliphatic rings. The Kier molecular flexibility index (Phi) is 5.19. The van der Waals surface area contributed by atoms with E-state index in [0.29, 0.717) is 28.7 Å². The van der Waals surface area contributed by atoms with E-state index in [0.717, 1.165) is 17.3 Å². The van der Waals surface area contributed by atoms with Crippen molar-refractivity contribution in [2.24, 2.45) is 14.1 Å². The van der Waals surface area contributed by atoms with Crippen LogP contribution in [0.25, 0.3) is 22.3 Å². The number of hydrogen-bond donors (Lipinski definition) is 0. The van der Waals surface area contributed by atoms with E-state index in [1.807, 2.05) is 0 Å². The molecule has 1 aliphatic heterocycles. The van der Waals surface area contributed by atoms with Crippen LogP contribution in [0.1, 0.15) is 46.0 Å². The maximum Gasteiger partial charge on any atom is 0.435 e. The highest BCUT2D eigenvalue weighted by Gasteiger charge is 2.38. The Balaban J connectivity index is 1.51. The normalized spacial score (nSPS) is 16.1. The number of carbonyl (C=O) groups is 1. The second kappa shape index (κ2) is 7.89. The highest BCUT2D eigenvalue weighted by molar-refractivity contribution is 5.98. The van der Waals surface area contributed by atoms with Crippen LogP contribution in [-0.2, 0) is 26.7 Å². The van der Waals surface area contributed by atoms with Crippen LogP contribution in [0.3, 0.4) is 0 Å². The van der Waals surface area contributed by atoms with E-state index in [2.05, 4.69) is 15.2 Å². The zero-order valence-corrected chi connectivity index (χ0v) is 19.5. The molecule has 0 spiro atoms. The van der Waals surface area contributed by atoms with Crippen molar-refractivity contribution >= 4 is 16.8 Å². The summed E-state index contributed by atoms with van der Waals surface area (Å²) in [4.78, 5) is 19.2. The van der Waals surface area contributed by atoms with Gasteiger partial charge in [-0.05, 0) is 38.5 Å². The van der Waals surface area contributed by atoms with E-state index >= 15 is 0 Å². The fraction of sp³-hybridized carbons (Fsp3) is 0.333. The molecule has 7 nitrogen and oxygen atoms in total. The SMILES string of the molecule is Cc1ccc2cc(C(=O)N3CCc4c(nn(C)c4-c4cc(C(F)(F)F)nn4C)[C@@H]3C)c(F)cc2n1. The maximum atomic E-state index is 14.9. The van der Waals surface area contributed by atoms with Gasteiger partial charge in [0.05, 0.1) is 34.2 Å². The molecular formula is C24H22F4N6O. The molecule has 1 atom stereocenters. The lowest BCUT2D eigenvalue weighted by Crippen LogP contribution is -2.39. The summed E-state index contributed by atoms with van der Waals surface area (Å²) in [5, 5.41) is 8.79. The second-order valence-corrected chi connectivity index (χ2v) is 8.77. The third-order valence-corrected chi connectivity index (χ3v) is 6.46. The standard InChI is InChI=1S/C24H22F4N6O/c1-12-5-6-14-9-16(17(25)10-18(14)29-12)23(35)34-8-7-15-21(13(34)2)31-33(4)22(15)19-11-20(24(26,27)28)30-32(19)3/h5-6,9-11,13H,7-8H2,1-4H3/t13-/m0/s1. The minimum Gasteiger partial charge on any atom is -0.330 e. The van der Waals surface area contributed by atoms with Gasteiger partial charge in [0.25, 0.3) is 5.91 Å². The lowest BCUT2D eigenvalue weighted by Gasteiger charge is -2.33. The van der Waals surface area contributed by atoms with Crippen molar-refractivity contribution in [3.05, 3.63) is 64.4 Å². The molecule has 0 radical (unpaired) electrons. The molecule has 0 unspecified atom stereocenters. The summed E-state index contributed by atoms with van der Waals surface area (Å²) in [5.74, 6) is -1.13. The van der Waals surface area contributed by atoms with Crippen molar-refractivity contribution in [1.82, 2.24) is 29.4 Å². The number of aromatic nitrogens is 5. The third kappa shape index (κ3) is 3.75. The molecule has 1 aromatic carbocycles. The number of aryl methyl sites for hydroxylation is 3. The summed E-state index contributed by atoms with van der Waals surface area (Å²) < 4.78 is 57.2. The molecule has 4 aromatic rings. The average molecular weight is 486 g/mol. The lowest BCUT2D eigenvalue weighted by molar-refractivity contribution is -0.141. The van der Waals surface area contributed by atoms with Gasteiger partial charge in [-0.15, -0.1) is 0 Å². The van der Waals surface area contributed by atoms with Gasteiger partial charge >= 0.3 is 6.18 Å². The van der Waals surface area contributed by atoms with Crippen molar-refractivity contribution in [3.8, 4) is 11.4 Å². The number of rotatable bonds is 2. The maximum absolute atomic E-state index is 14.9. The molecule has 11 heteroatoms. The van der Waals surface area contributed by atoms with E-state index in [9.17, 15) is 22.4 Å². The van der Waals surface area contributed by atoms with E-state index in [1.165, 1.54) is 33.4 Å². The Labute approximate surface area is 198 Å². The van der Waals surface area contributed by atoms with E-state index < -0.39 is 29.6 Å². The molecular weight excluding hydrogens is 464 g/mol. The van der Waals surface area contributed by atoms with E-state index in [4.69, 9.17) is 0 Å². The number of halogens is 4. The molecule has 0 bridgehead atoms. The van der Waals surface area contributed by atoms with Crippen LogP contribution in [-0.4, -0.2) is 41.9 Å². The highest BCUT2D eigenvalue weighted by Crippen LogP contribution is 2.38. The molecule has 182 valence electrons. The number of benzene rings is 1. The number of pyridine rings is 1. The molecule has 0 saturated carbocycles. The van der Waals surface area contributed by atoms with Crippen LogP contribution >= 0.6 is 0 Å². The van der Waals surface area contributed by atoms with Crippen molar-refractivity contribution < 1.29 is 22.4 Å². The molecule has 0 aliphatic carbocycles. The predicted octanol–water partition coefficient (Wildman–Crippen LogP) is 4.59. The van der Waals surface area contributed by atoms with Gasteiger partial charge in [-0.3, -0.25) is 19.1 Å². The van der Waals surface area contributed by atoms with Gasteiger partial charge in [-0.2, -0.15) is 23.4 Å². The van der Waals surface area contributed by atoms with Crippen molar-refractivity contribution in [2.75, 3.05) is 6.54 Å². The molecule has 35 heavy (non-hydrogen) atoms. The van der Waals surface area contributed by atoms with Crippen molar-refractivity contribution in [2.45, 2.75) is 32.5 Å². The Hall–Kier alpha value is -3.76. The summed E-state index contributed by atoms with van der Waals surface area (Å²) in [6.45, 7) is 3.85. The largest absolute Gasteiger partial charge is 0.435 e. The Morgan fingerprint density at radius 1 is 1.09 bits per heavy atom. The minimum absolute atomic E-state index is 0.0592. The Bertz CT molecular complexity index is 1490. The molecule has 5 rings (SSSR count). The summed E-state index contributed by atoms with van der Waals surface area (Å²) in [6.07, 6.45) is -4.21.